The first kappa shape index (κ1) is 17.2. The smallest absolute Gasteiger partial charge is 0.325 e. The summed E-state index contributed by atoms with van der Waals surface area (Å²) in [6.45, 7) is -0.415. The summed E-state index contributed by atoms with van der Waals surface area (Å²) in [4.78, 5) is 23.4. The molecule has 0 atom stereocenters. The third-order valence-electron chi connectivity index (χ3n) is 2.94. The second kappa shape index (κ2) is 7.94. The van der Waals surface area contributed by atoms with Crippen molar-refractivity contribution >= 4 is 35.1 Å². The van der Waals surface area contributed by atoms with Gasteiger partial charge in [-0.2, -0.15) is 0 Å². The Morgan fingerprint density at radius 1 is 1.04 bits per heavy atom. The molecule has 7 heteroatoms. The van der Waals surface area contributed by atoms with Crippen LogP contribution in [0.4, 0.5) is 4.39 Å². The molecule has 0 saturated heterocycles. The summed E-state index contributed by atoms with van der Waals surface area (Å²) in [6, 6.07) is 9.90. The molecule has 0 unspecified atom stereocenters. The zero-order valence-electron chi connectivity index (χ0n) is 11.8. The molecule has 0 bridgehead atoms. The topological polar surface area (TPSA) is 55.4 Å². The van der Waals surface area contributed by atoms with Crippen molar-refractivity contribution in [2.75, 3.05) is 6.54 Å². The van der Waals surface area contributed by atoms with Gasteiger partial charge in [-0.05, 0) is 36.4 Å². The normalized spacial score (nSPS) is 10.2. The number of esters is 1. The van der Waals surface area contributed by atoms with Crippen molar-refractivity contribution in [1.82, 2.24) is 5.32 Å². The van der Waals surface area contributed by atoms with Gasteiger partial charge in [-0.15, -0.1) is 0 Å². The third kappa shape index (κ3) is 4.94. The number of carbonyl (C=O) groups excluding carboxylic acids is 2. The molecular weight excluding hydrogens is 344 g/mol. The first-order valence-electron chi connectivity index (χ1n) is 6.59. The Kier molecular flexibility index (Phi) is 5.96. The first-order chi connectivity index (χ1) is 11.0. The molecule has 0 aliphatic heterocycles. The van der Waals surface area contributed by atoms with E-state index in [4.69, 9.17) is 27.9 Å². The van der Waals surface area contributed by atoms with E-state index in [0.717, 1.165) is 12.1 Å². The average Bonchev–Trinajstić information content (AvgIpc) is 2.53. The monoisotopic (exact) mass is 355 g/mol. The van der Waals surface area contributed by atoms with Gasteiger partial charge in [0.1, 0.15) is 19.0 Å². The highest BCUT2D eigenvalue weighted by molar-refractivity contribution is 6.35. The van der Waals surface area contributed by atoms with Crippen LogP contribution in [-0.4, -0.2) is 18.4 Å². The molecule has 120 valence electrons. The SMILES string of the molecule is O=C(CNC(=O)c1ccc(F)cc1)OCc1c(Cl)cccc1Cl. The van der Waals surface area contributed by atoms with Crippen molar-refractivity contribution in [1.29, 1.82) is 0 Å². The van der Waals surface area contributed by atoms with Crippen LogP contribution in [0.3, 0.4) is 0 Å². The molecule has 0 aliphatic carbocycles. The van der Waals surface area contributed by atoms with Crippen LogP contribution in [-0.2, 0) is 16.1 Å². The molecule has 1 N–H and O–H groups in total. The molecule has 23 heavy (non-hydrogen) atoms. The number of rotatable bonds is 5. The van der Waals surface area contributed by atoms with E-state index in [9.17, 15) is 14.0 Å². The number of ether oxygens (including phenoxy) is 1. The second-order valence-corrected chi connectivity index (χ2v) is 5.36. The van der Waals surface area contributed by atoms with Crippen molar-refractivity contribution in [2.45, 2.75) is 6.61 Å². The van der Waals surface area contributed by atoms with E-state index < -0.39 is 17.7 Å². The molecular formula is C16H12Cl2FNO3. The molecule has 0 fully saturated rings. The van der Waals surface area contributed by atoms with Crippen LogP contribution >= 0.6 is 23.2 Å². The van der Waals surface area contributed by atoms with Gasteiger partial charge in [-0.1, -0.05) is 29.3 Å². The number of amides is 1. The molecule has 0 spiro atoms. The van der Waals surface area contributed by atoms with Crippen LogP contribution in [0.15, 0.2) is 42.5 Å². The van der Waals surface area contributed by atoms with E-state index in [2.05, 4.69) is 5.32 Å². The van der Waals surface area contributed by atoms with Crippen molar-refractivity contribution in [2.24, 2.45) is 0 Å². The van der Waals surface area contributed by atoms with Crippen molar-refractivity contribution in [3.63, 3.8) is 0 Å². The fraction of sp³-hybridized carbons (Fsp3) is 0.125. The van der Waals surface area contributed by atoms with Gasteiger partial charge in [0.05, 0.1) is 0 Å². The minimum Gasteiger partial charge on any atom is -0.459 e. The van der Waals surface area contributed by atoms with Crippen LogP contribution in [0, 0.1) is 5.82 Å². The van der Waals surface area contributed by atoms with E-state index in [1.165, 1.54) is 12.1 Å². The number of hydrogen-bond acceptors (Lipinski definition) is 3. The van der Waals surface area contributed by atoms with Gasteiger partial charge in [0, 0.05) is 21.2 Å². The van der Waals surface area contributed by atoms with Crippen molar-refractivity contribution in [3.05, 3.63) is 69.5 Å². The fourth-order valence-electron chi connectivity index (χ4n) is 1.73. The van der Waals surface area contributed by atoms with Crippen LogP contribution in [0.5, 0.6) is 0 Å². The van der Waals surface area contributed by atoms with Crippen LogP contribution < -0.4 is 5.32 Å². The Bertz CT molecular complexity index is 700. The summed E-state index contributed by atoms with van der Waals surface area (Å²) in [7, 11) is 0. The highest BCUT2D eigenvalue weighted by atomic mass is 35.5. The molecule has 1 amide bonds. The summed E-state index contributed by atoms with van der Waals surface area (Å²) >= 11 is 11.9. The molecule has 4 nitrogen and oxygen atoms in total. The predicted octanol–water partition coefficient (Wildman–Crippen LogP) is 3.61. The lowest BCUT2D eigenvalue weighted by Crippen LogP contribution is -2.30. The van der Waals surface area contributed by atoms with Crippen molar-refractivity contribution in [3.8, 4) is 0 Å². The van der Waals surface area contributed by atoms with Gasteiger partial charge >= 0.3 is 5.97 Å². The lowest BCUT2D eigenvalue weighted by atomic mass is 10.2. The quantitative estimate of drug-likeness (QED) is 0.833. The third-order valence-corrected chi connectivity index (χ3v) is 3.65. The number of benzene rings is 2. The molecule has 0 aromatic heterocycles. The standard InChI is InChI=1S/C16H12Cl2FNO3/c17-13-2-1-3-14(18)12(13)9-23-15(21)8-20-16(22)10-4-6-11(19)7-5-10/h1-7H,8-9H2,(H,20,22). The van der Waals surface area contributed by atoms with Gasteiger partial charge in [-0.25, -0.2) is 4.39 Å². The second-order valence-electron chi connectivity index (χ2n) is 4.55. The lowest BCUT2D eigenvalue weighted by Gasteiger charge is -2.09. The maximum Gasteiger partial charge on any atom is 0.325 e. The molecule has 0 heterocycles. The molecule has 2 aromatic carbocycles. The van der Waals surface area contributed by atoms with Gasteiger partial charge in [0.25, 0.3) is 5.91 Å². The minimum atomic E-state index is -0.642. The Hall–Kier alpha value is -2.11. The van der Waals surface area contributed by atoms with Gasteiger partial charge in [0.15, 0.2) is 0 Å². The van der Waals surface area contributed by atoms with Crippen molar-refractivity contribution < 1.29 is 18.7 Å². The molecule has 2 rings (SSSR count). The average molecular weight is 356 g/mol. The number of halogens is 3. The predicted molar refractivity (Wildman–Crippen MR) is 85.0 cm³/mol. The Morgan fingerprint density at radius 2 is 1.65 bits per heavy atom. The zero-order chi connectivity index (χ0) is 16.8. The van der Waals surface area contributed by atoms with E-state index in [1.807, 2.05) is 0 Å². The van der Waals surface area contributed by atoms with Gasteiger partial charge in [-0.3, -0.25) is 9.59 Å². The van der Waals surface area contributed by atoms with Crippen LogP contribution in [0.1, 0.15) is 15.9 Å². The number of carbonyl (C=O) groups is 2. The van der Waals surface area contributed by atoms with Gasteiger partial charge in [0.2, 0.25) is 0 Å². The number of hydrogen-bond donors (Lipinski definition) is 1. The minimum absolute atomic E-state index is 0.0935. The first-order valence-corrected chi connectivity index (χ1v) is 7.35. The molecule has 0 saturated carbocycles. The zero-order valence-corrected chi connectivity index (χ0v) is 13.3. The van der Waals surface area contributed by atoms with E-state index in [-0.39, 0.29) is 18.7 Å². The Labute approximate surface area is 142 Å². The van der Waals surface area contributed by atoms with E-state index in [0.29, 0.717) is 15.6 Å². The Morgan fingerprint density at radius 3 is 2.26 bits per heavy atom. The highest BCUT2D eigenvalue weighted by Crippen LogP contribution is 2.24. The van der Waals surface area contributed by atoms with E-state index >= 15 is 0 Å². The molecule has 0 radical (unpaired) electrons. The summed E-state index contributed by atoms with van der Waals surface area (Å²) in [5.74, 6) is -1.59. The van der Waals surface area contributed by atoms with Gasteiger partial charge < -0.3 is 10.1 Å². The lowest BCUT2D eigenvalue weighted by molar-refractivity contribution is -0.143. The van der Waals surface area contributed by atoms with Crippen LogP contribution in [0.2, 0.25) is 10.0 Å². The maximum absolute atomic E-state index is 12.8. The summed E-state index contributed by atoms with van der Waals surface area (Å²) in [5.41, 5.74) is 0.738. The van der Waals surface area contributed by atoms with Crippen LogP contribution in [0.25, 0.3) is 0 Å². The fourth-order valence-corrected chi connectivity index (χ4v) is 2.24. The number of nitrogens with one attached hydrogen (secondary N) is 1. The summed E-state index contributed by atoms with van der Waals surface area (Å²) in [5, 5.41) is 3.16. The maximum atomic E-state index is 12.8. The summed E-state index contributed by atoms with van der Waals surface area (Å²) in [6.07, 6.45) is 0. The Balaban J connectivity index is 1.83. The summed E-state index contributed by atoms with van der Waals surface area (Å²) < 4.78 is 17.8. The van der Waals surface area contributed by atoms with E-state index in [1.54, 1.807) is 18.2 Å². The molecule has 2 aromatic rings. The largest absolute Gasteiger partial charge is 0.459 e. The molecule has 0 aliphatic rings. The highest BCUT2D eigenvalue weighted by Gasteiger charge is 2.11.